The van der Waals surface area contributed by atoms with Crippen LogP contribution >= 0.6 is 11.8 Å². The van der Waals surface area contributed by atoms with Crippen LogP contribution in [0.1, 0.15) is 12.5 Å². The van der Waals surface area contributed by atoms with Gasteiger partial charge in [-0.25, -0.2) is 5.01 Å². The second-order valence-electron chi connectivity index (χ2n) is 4.23. The molecule has 0 saturated carbocycles. The summed E-state index contributed by atoms with van der Waals surface area (Å²) in [6, 6.07) is 7.40. The van der Waals surface area contributed by atoms with Gasteiger partial charge < -0.3 is 5.32 Å². The Morgan fingerprint density at radius 3 is 2.80 bits per heavy atom. The average Bonchev–Trinajstić information content (AvgIpc) is 2.42. The van der Waals surface area contributed by atoms with Crippen LogP contribution < -0.4 is 5.32 Å². The highest BCUT2D eigenvalue weighted by molar-refractivity contribution is 8.14. The molecular weight excluding hydrogens is 274 g/mol. The average molecular weight is 289 g/mol. The van der Waals surface area contributed by atoms with Gasteiger partial charge in [-0.3, -0.25) is 9.59 Å². The fourth-order valence-electron chi connectivity index (χ4n) is 1.75. The van der Waals surface area contributed by atoms with E-state index in [0.29, 0.717) is 12.3 Å². The van der Waals surface area contributed by atoms with Gasteiger partial charge in [0.2, 0.25) is 5.91 Å². The van der Waals surface area contributed by atoms with E-state index in [4.69, 9.17) is 0 Å². The van der Waals surface area contributed by atoms with Crippen LogP contribution in [0.5, 0.6) is 0 Å². The number of amides is 2. The SMILES string of the molecule is C=CCN1N=C(c2ccc(NC(C)=O)cc2)CSC1=O. The molecule has 0 bridgehead atoms. The van der Waals surface area contributed by atoms with Gasteiger partial charge in [-0.1, -0.05) is 30.0 Å². The van der Waals surface area contributed by atoms with Crippen molar-refractivity contribution in [3.63, 3.8) is 0 Å². The van der Waals surface area contributed by atoms with Gasteiger partial charge in [0.05, 0.1) is 12.3 Å². The topological polar surface area (TPSA) is 61.8 Å². The number of carbonyl (C=O) groups is 2. The Hall–Kier alpha value is -2.08. The minimum absolute atomic E-state index is 0.0662. The zero-order valence-electron chi connectivity index (χ0n) is 11.1. The smallest absolute Gasteiger partial charge is 0.302 e. The molecule has 6 heteroatoms. The first kappa shape index (κ1) is 14.3. The maximum atomic E-state index is 11.6. The highest BCUT2D eigenvalue weighted by Crippen LogP contribution is 2.20. The number of carbonyl (C=O) groups excluding carboxylic acids is 2. The molecular formula is C14H15N3O2S. The summed E-state index contributed by atoms with van der Waals surface area (Å²) in [4.78, 5) is 22.6. The maximum Gasteiger partial charge on any atom is 0.302 e. The fourth-order valence-corrected chi connectivity index (χ4v) is 2.50. The monoisotopic (exact) mass is 289 g/mol. The molecule has 0 atom stereocenters. The lowest BCUT2D eigenvalue weighted by Crippen LogP contribution is -2.29. The van der Waals surface area contributed by atoms with E-state index in [9.17, 15) is 9.59 Å². The first-order valence-corrected chi connectivity index (χ1v) is 7.09. The zero-order chi connectivity index (χ0) is 14.5. The van der Waals surface area contributed by atoms with E-state index in [1.54, 1.807) is 6.08 Å². The normalized spacial score (nSPS) is 14.8. The van der Waals surface area contributed by atoms with Crippen molar-refractivity contribution in [1.82, 2.24) is 5.01 Å². The van der Waals surface area contributed by atoms with Crippen molar-refractivity contribution in [1.29, 1.82) is 0 Å². The number of nitrogens with one attached hydrogen (secondary N) is 1. The molecule has 0 radical (unpaired) electrons. The quantitative estimate of drug-likeness (QED) is 0.867. The summed E-state index contributed by atoms with van der Waals surface area (Å²) in [5.41, 5.74) is 2.52. The molecule has 0 fully saturated rings. The van der Waals surface area contributed by atoms with Crippen LogP contribution in [0.4, 0.5) is 10.5 Å². The minimum atomic E-state index is -0.105. The van der Waals surface area contributed by atoms with Gasteiger partial charge in [0.25, 0.3) is 0 Å². The molecule has 1 aliphatic heterocycles. The molecule has 1 N–H and O–H groups in total. The first-order chi connectivity index (χ1) is 9.60. The van der Waals surface area contributed by atoms with Gasteiger partial charge >= 0.3 is 5.24 Å². The second kappa shape index (κ2) is 6.38. The third kappa shape index (κ3) is 3.48. The number of hydrogen-bond donors (Lipinski definition) is 1. The molecule has 104 valence electrons. The molecule has 5 nitrogen and oxygen atoms in total. The summed E-state index contributed by atoms with van der Waals surface area (Å²) in [5, 5.41) is 8.38. The van der Waals surface area contributed by atoms with Gasteiger partial charge in [-0.15, -0.1) is 6.58 Å². The summed E-state index contributed by atoms with van der Waals surface area (Å²) in [7, 11) is 0. The molecule has 1 heterocycles. The van der Waals surface area contributed by atoms with Crippen molar-refractivity contribution in [2.75, 3.05) is 17.6 Å². The zero-order valence-corrected chi connectivity index (χ0v) is 11.9. The van der Waals surface area contributed by atoms with Crippen molar-refractivity contribution in [2.45, 2.75) is 6.92 Å². The van der Waals surface area contributed by atoms with E-state index in [2.05, 4.69) is 17.0 Å². The van der Waals surface area contributed by atoms with Crippen LogP contribution in [0.25, 0.3) is 0 Å². The van der Waals surface area contributed by atoms with E-state index in [0.717, 1.165) is 17.0 Å². The molecule has 2 rings (SSSR count). The molecule has 1 aromatic carbocycles. The third-order valence-electron chi connectivity index (χ3n) is 2.63. The number of hydrogen-bond acceptors (Lipinski definition) is 4. The van der Waals surface area contributed by atoms with E-state index >= 15 is 0 Å². The molecule has 20 heavy (non-hydrogen) atoms. The number of thioether (sulfide) groups is 1. The lowest BCUT2D eigenvalue weighted by atomic mass is 10.1. The summed E-state index contributed by atoms with van der Waals surface area (Å²) in [6.45, 7) is 5.48. The summed E-state index contributed by atoms with van der Waals surface area (Å²) in [5.74, 6) is 0.442. The van der Waals surface area contributed by atoms with Gasteiger partial charge in [-0.2, -0.15) is 5.10 Å². The molecule has 1 aromatic rings. The van der Waals surface area contributed by atoms with Crippen LogP contribution in [0.2, 0.25) is 0 Å². The Morgan fingerprint density at radius 1 is 1.50 bits per heavy atom. The van der Waals surface area contributed by atoms with E-state index in [1.165, 1.54) is 23.7 Å². The summed E-state index contributed by atoms with van der Waals surface area (Å²) in [6.07, 6.45) is 1.64. The standard InChI is InChI=1S/C14H15N3O2S/c1-3-8-17-14(19)20-9-13(16-17)11-4-6-12(7-5-11)15-10(2)18/h3-7H,1,8-9H2,2H3,(H,15,18). The first-order valence-electron chi connectivity index (χ1n) is 6.11. The van der Waals surface area contributed by atoms with Crippen LogP contribution in [-0.4, -0.2) is 34.2 Å². The van der Waals surface area contributed by atoms with Gasteiger partial charge in [0, 0.05) is 18.4 Å². The molecule has 0 spiro atoms. The number of hydrazone groups is 1. The van der Waals surface area contributed by atoms with Crippen LogP contribution in [-0.2, 0) is 4.79 Å². The highest BCUT2D eigenvalue weighted by Gasteiger charge is 2.20. The fraction of sp³-hybridized carbons (Fsp3) is 0.214. The number of anilines is 1. The van der Waals surface area contributed by atoms with E-state index in [1.807, 2.05) is 24.3 Å². The van der Waals surface area contributed by atoms with Gasteiger partial charge in [-0.05, 0) is 17.7 Å². The lowest BCUT2D eigenvalue weighted by molar-refractivity contribution is -0.114. The minimum Gasteiger partial charge on any atom is -0.326 e. The maximum absolute atomic E-state index is 11.6. The van der Waals surface area contributed by atoms with Crippen LogP contribution in [0, 0.1) is 0 Å². The summed E-state index contributed by atoms with van der Waals surface area (Å²) < 4.78 is 0. The predicted octanol–water partition coefficient (Wildman–Crippen LogP) is 2.70. The molecule has 0 aromatic heterocycles. The summed E-state index contributed by atoms with van der Waals surface area (Å²) >= 11 is 1.22. The molecule has 2 amide bonds. The third-order valence-corrected chi connectivity index (χ3v) is 3.50. The number of rotatable bonds is 4. The van der Waals surface area contributed by atoms with Crippen molar-refractivity contribution < 1.29 is 9.59 Å². The Kier molecular flexibility index (Phi) is 4.57. The van der Waals surface area contributed by atoms with Crippen LogP contribution in [0.3, 0.4) is 0 Å². The molecule has 0 aliphatic carbocycles. The molecule has 0 saturated heterocycles. The molecule has 0 unspecified atom stereocenters. The lowest BCUT2D eigenvalue weighted by Gasteiger charge is -2.21. The Balaban J connectivity index is 2.18. The van der Waals surface area contributed by atoms with Crippen LogP contribution in [0.15, 0.2) is 42.0 Å². The largest absolute Gasteiger partial charge is 0.326 e. The van der Waals surface area contributed by atoms with Crippen molar-refractivity contribution in [3.8, 4) is 0 Å². The van der Waals surface area contributed by atoms with Crippen molar-refractivity contribution >= 4 is 34.3 Å². The predicted molar refractivity (Wildman–Crippen MR) is 82.0 cm³/mol. The highest BCUT2D eigenvalue weighted by atomic mass is 32.2. The second-order valence-corrected chi connectivity index (χ2v) is 5.16. The Labute approximate surface area is 121 Å². The Morgan fingerprint density at radius 2 is 2.20 bits per heavy atom. The van der Waals surface area contributed by atoms with Crippen molar-refractivity contribution in [3.05, 3.63) is 42.5 Å². The van der Waals surface area contributed by atoms with E-state index in [-0.39, 0.29) is 11.1 Å². The van der Waals surface area contributed by atoms with Gasteiger partial charge in [0.15, 0.2) is 0 Å². The number of nitrogens with zero attached hydrogens (tertiary/aromatic N) is 2. The Bertz CT molecular complexity index is 566. The van der Waals surface area contributed by atoms with Crippen molar-refractivity contribution in [2.24, 2.45) is 5.10 Å². The van der Waals surface area contributed by atoms with Gasteiger partial charge in [0.1, 0.15) is 0 Å². The molecule has 1 aliphatic rings. The number of benzene rings is 1. The van der Waals surface area contributed by atoms with E-state index < -0.39 is 0 Å².